The van der Waals surface area contributed by atoms with Gasteiger partial charge >= 0.3 is 6.18 Å². The predicted octanol–water partition coefficient (Wildman–Crippen LogP) is 4.08. The first-order chi connectivity index (χ1) is 12.8. The number of hydrogen-bond donors (Lipinski definition) is 1. The van der Waals surface area contributed by atoms with Crippen LogP contribution in [0.3, 0.4) is 0 Å². The van der Waals surface area contributed by atoms with Gasteiger partial charge in [0.25, 0.3) is 5.91 Å². The monoisotopic (exact) mass is 377 g/mol. The van der Waals surface area contributed by atoms with E-state index in [1.54, 1.807) is 31.2 Å². The molecule has 0 spiro atoms. The lowest BCUT2D eigenvalue weighted by atomic mass is 10.2. The molecule has 3 rings (SSSR count). The number of nitrogens with one attached hydrogen (secondary N) is 1. The first-order valence-electron chi connectivity index (χ1n) is 7.82. The Kier molecular flexibility index (Phi) is 5.11. The van der Waals surface area contributed by atoms with E-state index in [9.17, 15) is 18.0 Å². The highest BCUT2D eigenvalue weighted by molar-refractivity contribution is 5.91. The molecule has 140 valence electrons. The van der Waals surface area contributed by atoms with Crippen molar-refractivity contribution in [3.63, 3.8) is 0 Å². The van der Waals surface area contributed by atoms with Crippen LogP contribution < -0.4 is 10.1 Å². The summed E-state index contributed by atoms with van der Waals surface area (Å²) in [6.07, 6.45) is -4.42. The van der Waals surface area contributed by atoms with E-state index in [1.807, 2.05) is 0 Å². The van der Waals surface area contributed by atoms with E-state index in [-0.39, 0.29) is 12.3 Å². The number of amides is 1. The summed E-state index contributed by atoms with van der Waals surface area (Å²) in [5.41, 5.74) is 0.171. The number of nitrogens with zero attached hydrogens (tertiary/aromatic N) is 2. The maximum Gasteiger partial charge on any atom is 0.416 e. The number of benzene rings is 2. The van der Waals surface area contributed by atoms with Crippen LogP contribution in [-0.2, 0) is 11.0 Å². The summed E-state index contributed by atoms with van der Waals surface area (Å²) in [5.74, 6) is 0.772. The van der Waals surface area contributed by atoms with E-state index in [2.05, 4.69) is 15.5 Å². The number of aryl methyl sites for hydroxylation is 1. The molecule has 1 aromatic heterocycles. The lowest BCUT2D eigenvalue weighted by molar-refractivity contribution is -0.137. The highest BCUT2D eigenvalue weighted by Gasteiger charge is 2.29. The van der Waals surface area contributed by atoms with Crippen LogP contribution in [0, 0.1) is 6.92 Å². The normalized spacial score (nSPS) is 11.3. The number of halogens is 3. The average Bonchev–Trinajstić information content (AvgIpc) is 3.06. The fourth-order valence-electron chi connectivity index (χ4n) is 2.20. The third-order valence-corrected chi connectivity index (χ3v) is 3.49. The molecule has 0 unspecified atom stereocenters. The quantitative estimate of drug-likeness (QED) is 0.725. The van der Waals surface area contributed by atoms with Gasteiger partial charge < -0.3 is 14.5 Å². The second-order valence-electron chi connectivity index (χ2n) is 5.56. The van der Waals surface area contributed by atoms with Gasteiger partial charge in [-0.3, -0.25) is 4.79 Å². The molecule has 0 aliphatic carbocycles. The van der Waals surface area contributed by atoms with Gasteiger partial charge in [-0.1, -0.05) is 0 Å². The molecular formula is C18H14F3N3O3. The Labute approximate surface area is 152 Å². The Bertz CT molecular complexity index is 920. The minimum atomic E-state index is -4.42. The predicted molar refractivity (Wildman–Crippen MR) is 90.0 cm³/mol. The van der Waals surface area contributed by atoms with Crippen LogP contribution in [0.4, 0.5) is 18.9 Å². The molecule has 1 N–H and O–H groups in total. The van der Waals surface area contributed by atoms with Crippen LogP contribution in [-0.4, -0.2) is 22.7 Å². The number of ether oxygens (including phenoxy) is 1. The van der Waals surface area contributed by atoms with Crippen molar-refractivity contribution >= 4 is 11.6 Å². The number of carbonyl (C=O) groups excluding carboxylic acids is 1. The van der Waals surface area contributed by atoms with Gasteiger partial charge in [0.2, 0.25) is 11.8 Å². The van der Waals surface area contributed by atoms with Crippen LogP contribution in [0.25, 0.3) is 11.5 Å². The van der Waals surface area contributed by atoms with Gasteiger partial charge in [-0.2, -0.15) is 13.2 Å². The summed E-state index contributed by atoms with van der Waals surface area (Å²) in [6.45, 7) is 1.39. The number of rotatable bonds is 5. The molecule has 6 nitrogen and oxygen atoms in total. The summed E-state index contributed by atoms with van der Waals surface area (Å²) in [4.78, 5) is 11.9. The molecule has 0 fully saturated rings. The Morgan fingerprint density at radius 2 is 1.74 bits per heavy atom. The topological polar surface area (TPSA) is 77.2 Å². The lowest BCUT2D eigenvalue weighted by Gasteiger charge is -2.10. The molecule has 9 heteroatoms. The molecule has 1 amide bonds. The minimum absolute atomic E-state index is 0.249. The van der Waals surface area contributed by atoms with Gasteiger partial charge in [0.15, 0.2) is 6.61 Å². The van der Waals surface area contributed by atoms with Crippen molar-refractivity contribution in [1.82, 2.24) is 10.2 Å². The van der Waals surface area contributed by atoms with Gasteiger partial charge in [0.05, 0.1) is 5.56 Å². The van der Waals surface area contributed by atoms with Gasteiger partial charge in [-0.25, -0.2) is 0 Å². The van der Waals surface area contributed by atoms with Crippen LogP contribution in [0.2, 0.25) is 0 Å². The molecule has 0 aliphatic rings. The minimum Gasteiger partial charge on any atom is -0.484 e. The Morgan fingerprint density at radius 1 is 1.07 bits per heavy atom. The zero-order valence-electron chi connectivity index (χ0n) is 14.1. The first-order valence-corrected chi connectivity index (χ1v) is 7.82. The van der Waals surface area contributed by atoms with E-state index >= 15 is 0 Å². The summed E-state index contributed by atoms with van der Waals surface area (Å²) in [7, 11) is 0. The SMILES string of the molecule is Cc1nnc(-c2ccc(OCC(=O)Nc3ccc(C(F)(F)F)cc3)cc2)o1. The summed E-state index contributed by atoms with van der Waals surface area (Å²) in [6, 6.07) is 10.8. The lowest BCUT2D eigenvalue weighted by Crippen LogP contribution is -2.20. The molecule has 0 saturated heterocycles. The molecule has 0 radical (unpaired) electrons. The number of anilines is 1. The van der Waals surface area contributed by atoms with Crippen LogP contribution in [0.1, 0.15) is 11.5 Å². The average molecular weight is 377 g/mol. The smallest absolute Gasteiger partial charge is 0.416 e. The van der Waals surface area contributed by atoms with E-state index in [1.165, 1.54) is 12.1 Å². The van der Waals surface area contributed by atoms with Gasteiger partial charge in [-0.05, 0) is 48.5 Å². The van der Waals surface area contributed by atoms with Gasteiger partial charge in [-0.15, -0.1) is 10.2 Å². The number of carbonyl (C=O) groups is 1. The van der Waals surface area contributed by atoms with E-state index in [0.717, 1.165) is 12.1 Å². The van der Waals surface area contributed by atoms with Crippen molar-refractivity contribution < 1.29 is 27.1 Å². The zero-order chi connectivity index (χ0) is 19.4. The standard InChI is InChI=1S/C18H14F3N3O3/c1-11-23-24-17(27-11)12-2-8-15(9-3-12)26-10-16(25)22-14-6-4-13(5-7-14)18(19,20)21/h2-9H,10H2,1H3,(H,22,25). The van der Waals surface area contributed by atoms with E-state index in [4.69, 9.17) is 9.15 Å². The van der Waals surface area contributed by atoms with Crippen LogP contribution >= 0.6 is 0 Å². The van der Waals surface area contributed by atoms with E-state index in [0.29, 0.717) is 23.1 Å². The third-order valence-electron chi connectivity index (χ3n) is 3.49. The maximum atomic E-state index is 12.5. The van der Waals surface area contributed by atoms with Crippen molar-refractivity contribution in [3.8, 4) is 17.2 Å². The first kappa shape index (κ1) is 18.4. The van der Waals surface area contributed by atoms with Crippen LogP contribution in [0.15, 0.2) is 52.9 Å². The van der Waals surface area contributed by atoms with Crippen molar-refractivity contribution in [2.24, 2.45) is 0 Å². The van der Waals surface area contributed by atoms with Crippen LogP contribution in [0.5, 0.6) is 5.75 Å². The molecule has 1 heterocycles. The molecule has 27 heavy (non-hydrogen) atoms. The Balaban J connectivity index is 1.53. The zero-order valence-corrected chi connectivity index (χ0v) is 14.1. The Hall–Kier alpha value is -3.36. The highest BCUT2D eigenvalue weighted by Crippen LogP contribution is 2.29. The van der Waals surface area contributed by atoms with Crippen molar-refractivity contribution in [1.29, 1.82) is 0 Å². The third kappa shape index (κ3) is 4.84. The van der Waals surface area contributed by atoms with Crippen molar-refractivity contribution in [2.75, 3.05) is 11.9 Å². The van der Waals surface area contributed by atoms with E-state index < -0.39 is 17.6 Å². The summed E-state index contributed by atoms with van der Waals surface area (Å²) >= 11 is 0. The summed E-state index contributed by atoms with van der Waals surface area (Å²) in [5, 5.41) is 10.1. The number of alkyl halides is 3. The Morgan fingerprint density at radius 3 is 2.30 bits per heavy atom. The fraction of sp³-hybridized carbons (Fsp3) is 0.167. The molecule has 0 bridgehead atoms. The largest absolute Gasteiger partial charge is 0.484 e. The highest BCUT2D eigenvalue weighted by atomic mass is 19.4. The van der Waals surface area contributed by atoms with Crippen molar-refractivity contribution in [2.45, 2.75) is 13.1 Å². The molecule has 0 aliphatic heterocycles. The number of hydrogen-bond acceptors (Lipinski definition) is 5. The second kappa shape index (κ2) is 7.48. The van der Waals surface area contributed by atoms with Crippen molar-refractivity contribution in [3.05, 3.63) is 60.0 Å². The molecule has 0 saturated carbocycles. The summed E-state index contributed by atoms with van der Waals surface area (Å²) < 4.78 is 48.2. The fourth-order valence-corrected chi connectivity index (χ4v) is 2.20. The molecule has 3 aromatic rings. The van der Waals surface area contributed by atoms with Gasteiger partial charge in [0, 0.05) is 18.2 Å². The molecule has 2 aromatic carbocycles. The molecule has 0 atom stereocenters. The maximum absolute atomic E-state index is 12.5. The van der Waals surface area contributed by atoms with Gasteiger partial charge in [0.1, 0.15) is 5.75 Å². The number of aromatic nitrogens is 2. The second-order valence-corrected chi connectivity index (χ2v) is 5.56. The molecular weight excluding hydrogens is 363 g/mol.